The van der Waals surface area contributed by atoms with Gasteiger partial charge < -0.3 is 4.57 Å². The molecule has 0 amide bonds. The molecule has 3 rings (SSSR count). The highest BCUT2D eigenvalue weighted by molar-refractivity contribution is 7.89. The van der Waals surface area contributed by atoms with Crippen molar-refractivity contribution < 1.29 is 8.42 Å². The standard InChI is InChI=1S/C14H20N6O2S2/c1-12-16-20(14(23)17(12)2)11-18-6-8-19(9-7-18)24(21,22)13-4-3-5-15-10-13/h3-5,10H,6-9,11H2,1-2H3. The maximum absolute atomic E-state index is 12.6. The maximum Gasteiger partial charge on any atom is 0.244 e. The van der Waals surface area contributed by atoms with Crippen LogP contribution in [0, 0.1) is 11.7 Å². The Bertz CT molecular complexity index is 866. The summed E-state index contributed by atoms with van der Waals surface area (Å²) < 4.78 is 31.0. The Morgan fingerprint density at radius 3 is 2.50 bits per heavy atom. The second-order valence-electron chi connectivity index (χ2n) is 5.74. The number of pyridine rings is 1. The Balaban J connectivity index is 1.66. The van der Waals surface area contributed by atoms with Crippen molar-refractivity contribution in [2.45, 2.75) is 18.5 Å². The summed E-state index contributed by atoms with van der Waals surface area (Å²) in [7, 11) is -1.58. The molecule has 10 heteroatoms. The van der Waals surface area contributed by atoms with Crippen molar-refractivity contribution >= 4 is 22.2 Å². The van der Waals surface area contributed by atoms with Gasteiger partial charge in [0.2, 0.25) is 10.0 Å². The van der Waals surface area contributed by atoms with Gasteiger partial charge in [-0.3, -0.25) is 9.88 Å². The van der Waals surface area contributed by atoms with Crippen LogP contribution in [0.3, 0.4) is 0 Å². The Morgan fingerprint density at radius 2 is 1.96 bits per heavy atom. The van der Waals surface area contributed by atoms with Gasteiger partial charge in [-0.2, -0.15) is 9.40 Å². The molecule has 1 aliphatic rings. The maximum atomic E-state index is 12.6. The third kappa shape index (κ3) is 3.27. The molecule has 0 aromatic carbocycles. The second-order valence-corrected chi connectivity index (χ2v) is 8.04. The molecule has 1 fully saturated rings. The summed E-state index contributed by atoms with van der Waals surface area (Å²) in [6, 6.07) is 3.21. The van der Waals surface area contributed by atoms with Gasteiger partial charge in [-0.25, -0.2) is 13.1 Å². The van der Waals surface area contributed by atoms with Gasteiger partial charge in [0.15, 0.2) is 4.77 Å². The first kappa shape index (κ1) is 17.2. The fraction of sp³-hybridized carbons (Fsp3) is 0.500. The molecule has 0 radical (unpaired) electrons. The normalized spacial score (nSPS) is 17.2. The monoisotopic (exact) mass is 368 g/mol. The summed E-state index contributed by atoms with van der Waals surface area (Å²) >= 11 is 5.35. The summed E-state index contributed by atoms with van der Waals surface area (Å²) in [6.07, 6.45) is 2.95. The van der Waals surface area contributed by atoms with Crippen molar-refractivity contribution in [3.8, 4) is 0 Å². The van der Waals surface area contributed by atoms with Crippen LogP contribution in [0.15, 0.2) is 29.4 Å². The molecule has 0 saturated carbocycles. The first-order valence-corrected chi connectivity index (χ1v) is 9.47. The van der Waals surface area contributed by atoms with E-state index in [-0.39, 0.29) is 4.90 Å². The number of rotatable bonds is 4. The number of hydrogen-bond acceptors (Lipinski definition) is 6. The van der Waals surface area contributed by atoms with Crippen molar-refractivity contribution in [2.24, 2.45) is 7.05 Å². The molecule has 0 atom stereocenters. The predicted molar refractivity (Wildman–Crippen MR) is 91.3 cm³/mol. The quantitative estimate of drug-likeness (QED) is 0.737. The van der Waals surface area contributed by atoms with Crippen LogP contribution in [0.25, 0.3) is 0 Å². The van der Waals surface area contributed by atoms with Crippen LogP contribution in [0.4, 0.5) is 0 Å². The zero-order valence-electron chi connectivity index (χ0n) is 13.7. The second kappa shape index (κ2) is 6.71. The van der Waals surface area contributed by atoms with Gasteiger partial charge in [0, 0.05) is 45.6 Å². The van der Waals surface area contributed by atoms with Crippen molar-refractivity contribution in [1.29, 1.82) is 0 Å². The lowest BCUT2D eigenvalue weighted by Crippen LogP contribution is -2.48. The average Bonchev–Trinajstić information content (AvgIpc) is 2.83. The van der Waals surface area contributed by atoms with E-state index >= 15 is 0 Å². The molecule has 2 aromatic heterocycles. The largest absolute Gasteiger partial charge is 0.307 e. The molecule has 130 valence electrons. The van der Waals surface area contributed by atoms with Crippen LogP contribution in [-0.2, 0) is 23.7 Å². The molecular weight excluding hydrogens is 348 g/mol. The molecule has 0 bridgehead atoms. The minimum absolute atomic E-state index is 0.237. The summed E-state index contributed by atoms with van der Waals surface area (Å²) in [4.78, 5) is 6.28. The van der Waals surface area contributed by atoms with Gasteiger partial charge >= 0.3 is 0 Å². The SMILES string of the molecule is Cc1nn(CN2CCN(S(=O)(=O)c3cccnc3)CC2)c(=S)n1C. The van der Waals surface area contributed by atoms with Crippen LogP contribution >= 0.6 is 12.2 Å². The minimum Gasteiger partial charge on any atom is -0.307 e. The lowest BCUT2D eigenvalue weighted by Gasteiger charge is -2.33. The van der Waals surface area contributed by atoms with Crippen molar-refractivity contribution in [3.63, 3.8) is 0 Å². The fourth-order valence-corrected chi connectivity index (χ4v) is 4.26. The van der Waals surface area contributed by atoms with E-state index in [0.29, 0.717) is 37.6 Å². The summed E-state index contributed by atoms with van der Waals surface area (Å²) in [5, 5.41) is 4.41. The average molecular weight is 368 g/mol. The highest BCUT2D eigenvalue weighted by Gasteiger charge is 2.28. The number of sulfonamides is 1. The van der Waals surface area contributed by atoms with Crippen LogP contribution in [-0.4, -0.2) is 63.1 Å². The highest BCUT2D eigenvalue weighted by atomic mass is 32.2. The van der Waals surface area contributed by atoms with E-state index in [1.54, 1.807) is 23.0 Å². The van der Waals surface area contributed by atoms with Gasteiger partial charge in [0.05, 0.1) is 6.67 Å². The molecule has 0 spiro atoms. The lowest BCUT2D eigenvalue weighted by atomic mass is 10.4. The van der Waals surface area contributed by atoms with Gasteiger partial charge in [0.1, 0.15) is 10.7 Å². The van der Waals surface area contributed by atoms with E-state index in [0.717, 1.165) is 5.82 Å². The number of hydrogen-bond donors (Lipinski definition) is 0. The fourth-order valence-electron chi connectivity index (χ4n) is 2.64. The van der Waals surface area contributed by atoms with Crippen molar-refractivity contribution in [2.75, 3.05) is 26.2 Å². The van der Waals surface area contributed by atoms with Gasteiger partial charge in [-0.15, -0.1) is 0 Å². The van der Waals surface area contributed by atoms with E-state index in [1.165, 1.54) is 10.5 Å². The van der Waals surface area contributed by atoms with Crippen LogP contribution in [0.5, 0.6) is 0 Å². The Labute approximate surface area is 146 Å². The van der Waals surface area contributed by atoms with E-state index in [1.807, 2.05) is 18.5 Å². The lowest BCUT2D eigenvalue weighted by molar-refractivity contribution is 0.144. The highest BCUT2D eigenvalue weighted by Crippen LogP contribution is 2.16. The number of aromatic nitrogens is 4. The molecule has 2 aromatic rings. The number of aryl methyl sites for hydroxylation is 1. The first-order chi connectivity index (χ1) is 11.4. The van der Waals surface area contributed by atoms with E-state index in [4.69, 9.17) is 12.2 Å². The third-order valence-electron chi connectivity index (χ3n) is 4.20. The molecular formula is C14H20N6O2S2. The Morgan fingerprint density at radius 1 is 1.25 bits per heavy atom. The predicted octanol–water partition coefficient (Wildman–Crippen LogP) is 0.619. The molecule has 8 nitrogen and oxygen atoms in total. The molecule has 1 saturated heterocycles. The smallest absolute Gasteiger partial charge is 0.244 e. The van der Waals surface area contributed by atoms with E-state index in [2.05, 4.69) is 15.0 Å². The zero-order chi connectivity index (χ0) is 17.3. The van der Waals surface area contributed by atoms with Gasteiger partial charge in [-0.05, 0) is 31.3 Å². The number of nitrogens with zero attached hydrogens (tertiary/aromatic N) is 6. The third-order valence-corrected chi connectivity index (χ3v) is 6.56. The van der Waals surface area contributed by atoms with Crippen LogP contribution < -0.4 is 0 Å². The molecule has 0 aliphatic carbocycles. The van der Waals surface area contributed by atoms with E-state index < -0.39 is 10.0 Å². The topological polar surface area (TPSA) is 76.3 Å². The van der Waals surface area contributed by atoms with Gasteiger partial charge in [-0.1, -0.05) is 0 Å². The van der Waals surface area contributed by atoms with Gasteiger partial charge in [0.25, 0.3) is 0 Å². The van der Waals surface area contributed by atoms with E-state index in [9.17, 15) is 8.42 Å². The first-order valence-electron chi connectivity index (χ1n) is 7.62. The molecule has 0 unspecified atom stereocenters. The number of piperazine rings is 1. The summed E-state index contributed by atoms with van der Waals surface area (Å²) in [6.45, 7) is 4.63. The summed E-state index contributed by atoms with van der Waals surface area (Å²) in [5.74, 6) is 0.859. The Kier molecular flexibility index (Phi) is 4.81. The Hall–Kier alpha value is -1.62. The molecule has 0 N–H and O–H groups in total. The van der Waals surface area contributed by atoms with Crippen molar-refractivity contribution in [1.82, 2.24) is 28.5 Å². The van der Waals surface area contributed by atoms with Crippen molar-refractivity contribution in [3.05, 3.63) is 35.1 Å². The summed E-state index contributed by atoms with van der Waals surface area (Å²) in [5.41, 5.74) is 0. The molecule has 1 aliphatic heterocycles. The zero-order valence-corrected chi connectivity index (χ0v) is 15.3. The molecule has 3 heterocycles. The molecule has 24 heavy (non-hydrogen) atoms. The van der Waals surface area contributed by atoms with Crippen LogP contribution in [0.2, 0.25) is 0 Å². The minimum atomic E-state index is -3.47. The van der Waals surface area contributed by atoms with Crippen LogP contribution in [0.1, 0.15) is 5.82 Å².